The van der Waals surface area contributed by atoms with E-state index in [1.54, 1.807) is 0 Å². The lowest BCUT2D eigenvalue weighted by Gasteiger charge is -2.21. The number of nitrogens with zero attached hydrogens (tertiary/aromatic N) is 1. The van der Waals surface area contributed by atoms with Crippen LogP contribution in [0.3, 0.4) is 0 Å². The molecule has 1 aromatic carbocycles. The van der Waals surface area contributed by atoms with Gasteiger partial charge in [-0.25, -0.2) is 0 Å². The summed E-state index contributed by atoms with van der Waals surface area (Å²) in [5, 5.41) is 21.0. The smallest absolute Gasteiger partial charge is 0.222 e. The Bertz CT molecular complexity index is 801. The topological polar surface area (TPSA) is 70.0 Å². The molecule has 1 saturated carbocycles. The van der Waals surface area contributed by atoms with Gasteiger partial charge in [0.15, 0.2) is 0 Å². The van der Waals surface area contributed by atoms with E-state index in [1.807, 2.05) is 17.1 Å². The van der Waals surface area contributed by atoms with Gasteiger partial charge in [-0.05, 0) is 37.7 Å². The molecule has 0 radical (unpaired) electrons. The van der Waals surface area contributed by atoms with Crippen molar-refractivity contribution in [1.29, 1.82) is 0 Å². The summed E-state index contributed by atoms with van der Waals surface area (Å²) in [5.41, 5.74) is 2.33. The number of carbonyl (C=O) groups excluding carboxylic acids is 1. The van der Waals surface area contributed by atoms with E-state index in [-0.39, 0.29) is 23.8 Å². The van der Waals surface area contributed by atoms with Crippen molar-refractivity contribution >= 4 is 5.91 Å². The van der Waals surface area contributed by atoms with Gasteiger partial charge in [0, 0.05) is 43.3 Å². The summed E-state index contributed by atoms with van der Waals surface area (Å²) >= 11 is 0. The molecule has 1 aliphatic carbocycles. The van der Waals surface area contributed by atoms with Crippen molar-refractivity contribution < 1.29 is 19.7 Å². The normalized spacial score (nSPS) is 24.1. The first-order chi connectivity index (χ1) is 16.5. The fraction of sp³-hybridized carbons (Fsp3) is 0.690. The Morgan fingerprint density at radius 3 is 2.62 bits per heavy atom. The van der Waals surface area contributed by atoms with E-state index in [4.69, 9.17) is 4.74 Å². The molecular weight excluding hydrogens is 426 g/mol. The highest BCUT2D eigenvalue weighted by molar-refractivity contribution is 5.76. The molecule has 0 aromatic heterocycles. The van der Waals surface area contributed by atoms with Crippen molar-refractivity contribution in [2.45, 2.75) is 109 Å². The van der Waals surface area contributed by atoms with E-state index in [9.17, 15) is 15.0 Å². The molecular formula is C29H45NO4. The van der Waals surface area contributed by atoms with Crippen LogP contribution in [0, 0.1) is 5.92 Å². The molecule has 1 aliphatic heterocycles. The maximum Gasteiger partial charge on any atom is 0.222 e. The zero-order valence-corrected chi connectivity index (χ0v) is 21.4. The van der Waals surface area contributed by atoms with E-state index in [1.165, 1.54) is 5.56 Å². The zero-order valence-electron chi connectivity index (χ0n) is 21.4. The van der Waals surface area contributed by atoms with Crippen LogP contribution in [0.5, 0.6) is 5.75 Å². The van der Waals surface area contributed by atoms with E-state index < -0.39 is 12.2 Å². The predicted octanol–water partition coefficient (Wildman–Crippen LogP) is 5.38. The molecule has 2 aliphatic rings. The quantitative estimate of drug-likeness (QED) is 0.282. The molecule has 5 atom stereocenters. The van der Waals surface area contributed by atoms with Gasteiger partial charge in [0.05, 0.1) is 12.2 Å². The van der Waals surface area contributed by atoms with Crippen molar-refractivity contribution in [3.8, 4) is 5.75 Å². The molecule has 1 heterocycles. The lowest BCUT2D eigenvalue weighted by molar-refractivity contribution is -0.131. The maximum atomic E-state index is 12.6. The average molecular weight is 472 g/mol. The minimum Gasteiger partial charge on any atom is -0.489 e. The minimum atomic E-state index is -0.455. The van der Waals surface area contributed by atoms with Crippen LogP contribution in [-0.4, -0.2) is 52.4 Å². The molecule has 0 saturated heterocycles. The maximum absolute atomic E-state index is 12.6. The van der Waals surface area contributed by atoms with Gasteiger partial charge < -0.3 is 19.8 Å². The number of para-hydroxylation sites is 1. The molecule has 3 rings (SSSR count). The monoisotopic (exact) mass is 471 g/mol. The molecule has 1 aromatic rings. The highest BCUT2D eigenvalue weighted by atomic mass is 16.5. The third-order valence-electron chi connectivity index (χ3n) is 7.32. The number of hydrogen-bond donors (Lipinski definition) is 2. The molecule has 2 N–H and O–H groups in total. The van der Waals surface area contributed by atoms with Crippen molar-refractivity contribution in [3.63, 3.8) is 0 Å². The van der Waals surface area contributed by atoms with Crippen LogP contribution in [0.15, 0.2) is 30.4 Å². The van der Waals surface area contributed by atoms with Crippen molar-refractivity contribution in [3.05, 3.63) is 41.5 Å². The van der Waals surface area contributed by atoms with Gasteiger partial charge in [-0.2, -0.15) is 0 Å². The molecule has 190 valence electrons. The fourth-order valence-electron chi connectivity index (χ4n) is 5.61. The zero-order chi connectivity index (χ0) is 24.5. The number of ether oxygens (including phenoxy) is 1. The third kappa shape index (κ3) is 6.63. The van der Waals surface area contributed by atoms with Crippen LogP contribution < -0.4 is 4.74 Å². The largest absolute Gasteiger partial charge is 0.489 e. The second-order valence-electron chi connectivity index (χ2n) is 10.1. The lowest BCUT2D eigenvalue weighted by atomic mass is 9.86. The summed E-state index contributed by atoms with van der Waals surface area (Å²) in [7, 11) is 0. The van der Waals surface area contributed by atoms with E-state index in [0.29, 0.717) is 12.8 Å². The Morgan fingerprint density at radius 2 is 1.91 bits per heavy atom. The van der Waals surface area contributed by atoms with Gasteiger partial charge in [-0.3, -0.25) is 4.79 Å². The van der Waals surface area contributed by atoms with Crippen molar-refractivity contribution in [2.24, 2.45) is 5.92 Å². The molecule has 0 unspecified atom stereocenters. The van der Waals surface area contributed by atoms with Gasteiger partial charge >= 0.3 is 0 Å². The summed E-state index contributed by atoms with van der Waals surface area (Å²) in [4.78, 5) is 14.6. The predicted molar refractivity (Wildman–Crippen MR) is 137 cm³/mol. The average Bonchev–Trinajstić information content (AvgIpc) is 3.32. The summed E-state index contributed by atoms with van der Waals surface area (Å²) in [6.07, 6.45) is 11.8. The Hall–Kier alpha value is -1.85. The van der Waals surface area contributed by atoms with Crippen LogP contribution in [0.25, 0.3) is 0 Å². The Balaban J connectivity index is 1.63. The van der Waals surface area contributed by atoms with Crippen molar-refractivity contribution in [2.75, 3.05) is 13.1 Å². The van der Waals surface area contributed by atoms with Crippen LogP contribution in [0.4, 0.5) is 0 Å². The van der Waals surface area contributed by atoms with Crippen molar-refractivity contribution in [1.82, 2.24) is 4.90 Å². The van der Waals surface area contributed by atoms with E-state index >= 15 is 0 Å². The fourth-order valence-corrected chi connectivity index (χ4v) is 5.61. The molecule has 0 bridgehead atoms. The number of unbranched alkanes of at least 4 members (excludes halogenated alkanes) is 2. The summed E-state index contributed by atoms with van der Waals surface area (Å²) < 4.78 is 6.38. The third-order valence-corrected chi connectivity index (χ3v) is 7.32. The minimum absolute atomic E-state index is 0.0238. The first-order valence-electron chi connectivity index (χ1n) is 13.6. The van der Waals surface area contributed by atoms with Crippen LogP contribution in [0.2, 0.25) is 0 Å². The summed E-state index contributed by atoms with van der Waals surface area (Å²) in [6.45, 7) is 8.07. The van der Waals surface area contributed by atoms with Gasteiger partial charge in [0.1, 0.15) is 11.9 Å². The summed E-state index contributed by atoms with van der Waals surface area (Å²) in [6, 6.07) is 6.31. The van der Waals surface area contributed by atoms with Crippen LogP contribution >= 0.6 is 0 Å². The highest BCUT2D eigenvalue weighted by Crippen LogP contribution is 2.52. The van der Waals surface area contributed by atoms with E-state index in [2.05, 4.69) is 39.0 Å². The molecule has 5 nitrogen and oxygen atoms in total. The Kier molecular flexibility index (Phi) is 10.5. The van der Waals surface area contributed by atoms with Gasteiger partial charge in [0.25, 0.3) is 0 Å². The Labute approximate surface area is 206 Å². The SMILES string of the molecule is CCCCC[C@H](O)/C=C/[C@@H]1[C@H]2c3cccc(CCCC(=O)N(CCC)CCC)c3O[C@H]2C[C@H]1O. The van der Waals surface area contributed by atoms with E-state index in [0.717, 1.165) is 75.8 Å². The summed E-state index contributed by atoms with van der Waals surface area (Å²) in [5.74, 6) is 1.29. The standard InChI is InChI=1S/C29H45NO4/c1-4-7-8-13-22(31)16-17-23-25(32)20-26-28(23)24-14-9-11-21(29(24)34-26)12-10-15-27(33)30(18-5-2)19-6-3/h9,11,14,16-17,22-23,25-26,28,31-32H,4-8,10,12-13,15,18-20H2,1-3H3/b17-16+/t22-,23-,25+,26-,28-/m0/s1. The number of aliphatic hydroxyl groups excluding tert-OH is 2. The molecule has 0 spiro atoms. The molecule has 5 heteroatoms. The molecule has 1 fully saturated rings. The number of amides is 1. The van der Waals surface area contributed by atoms with Crippen LogP contribution in [0.1, 0.15) is 95.6 Å². The van der Waals surface area contributed by atoms with Gasteiger partial charge in [-0.1, -0.05) is 70.4 Å². The number of carbonyl (C=O) groups is 1. The van der Waals surface area contributed by atoms with Gasteiger partial charge in [-0.15, -0.1) is 0 Å². The highest BCUT2D eigenvalue weighted by Gasteiger charge is 2.48. The molecule has 34 heavy (non-hydrogen) atoms. The number of aliphatic hydroxyl groups is 2. The lowest BCUT2D eigenvalue weighted by Crippen LogP contribution is -2.32. The number of aryl methyl sites for hydroxylation is 1. The van der Waals surface area contributed by atoms with Gasteiger partial charge in [0.2, 0.25) is 5.91 Å². The number of rotatable bonds is 14. The number of hydrogen-bond acceptors (Lipinski definition) is 4. The molecule has 1 amide bonds. The van der Waals surface area contributed by atoms with Crippen LogP contribution in [-0.2, 0) is 11.2 Å². The Morgan fingerprint density at radius 1 is 1.15 bits per heavy atom. The first kappa shape index (κ1) is 26.7. The number of fused-ring (bicyclic) bond motifs is 3. The second kappa shape index (κ2) is 13.3. The second-order valence-corrected chi connectivity index (χ2v) is 10.1. The number of benzene rings is 1. The first-order valence-corrected chi connectivity index (χ1v) is 13.6.